The van der Waals surface area contributed by atoms with E-state index < -0.39 is 23.1 Å². The van der Waals surface area contributed by atoms with E-state index in [1.807, 2.05) is 39.0 Å². The minimum atomic E-state index is -4.53. The summed E-state index contributed by atoms with van der Waals surface area (Å²) in [6.45, 7) is 6.46. The van der Waals surface area contributed by atoms with Crippen LogP contribution in [-0.2, 0) is 11.0 Å². The fraction of sp³-hybridized carbons (Fsp3) is 0.310. The first-order valence-electron chi connectivity index (χ1n) is 12.5. The Morgan fingerprint density at radius 3 is 1.85 bits per heavy atom. The van der Waals surface area contributed by atoms with Crippen LogP contribution >= 0.6 is 0 Å². The third kappa shape index (κ3) is 6.63. The predicted octanol–water partition coefficient (Wildman–Crippen LogP) is 5.35. The number of aromatic nitrogens is 1. The maximum atomic E-state index is 13.0. The maximum absolute atomic E-state index is 13.0. The molecular weight excluding hydrogens is 509 g/mol. The summed E-state index contributed by atoms with van der Waals surface area (Å²) in [4.78, 5) is 45.3. The number of piperazine rings is 1. The average Bonchev–Trinajstić information content (AvgIpc) is 2.92. The number of carbonyl (C=O) groups excluding carboxylic acids is 3. The highest BCUT2D eigenvalue weighted by Gasteiger charge is 2.32. The van der Waals surface area contributed by atoms with Crippen LogP contribution < -0.4 is 5.32 Å². The van der Waals surface area contributed by atoms with Gasteiger partial charge in [0.05, 0.1) is 5.56 Å². The van der Waals surface area contributed by atoms with Gasteiger partial charge in [0, 0.05) is 54.5 Å². The van der Waals surface area contributed by atoms with Gasteiger partial charge in [-0.05, 0) is 48.0 Å². The van der Waals surface area contributed by atoms with Crippen LogP contribution in [0.2, 0.25) is 0 Å². The second kappa shape index (κ2) is 10.9. The molecule has 2 aromatic carbocycles. The van der Waals surface area contributed by atoms with Gasteiger partial charge in [0.1, 0.15) is 5.82 Å². The van der Waals surface area contributed by atoms with Gasteiger partial charge in [-0.1, -0.05) is 39.0 Å². The van der Waals surface area contributed by atoms with Crippen LogP contribution in [0.15, 0.2) is 66.9 Å². The molecule has 0 saturated carbocycles. The molecule has 1 aromatic heterocycles. The smallest absolute Gasteiger partial charge is 0.335 e. The lowest BCUT2D eigenvalue weighted by molar-refractivity contribution is -0.137. The van der Waals surface area contributed by atoms with Crippen molar-refractivity contribution >= 4 is 23.5 Å². The fourth-order valence-electron chi connectivity index (χ4n) is 4.05. The molecule has 1 N–H and O–H groups in total. The number of anilines is 1. The second-order valence-electron chi connectivity index (χ2n) is 10.4. The highest BCUT2D eigenvalue weighted by Crippen LogP contribution is 2.30. The molecule has 10 heteroatoms. The molecule has 39 heavy (non-hydrogen) atoms. The molecule has 3 aromatic rings. The minimum absolute atomic E-state index is 0.0284. The number of alkyl halides is 3. The molecule has 3 amide bonds. The van der Waals surface area contributed by atoms with Crippen LogP contribution in [-0.4, -0.2) is 58.7 Å². The Balaban J connectivity index is 1.34. The molecule has 0 unspecified atom stereocenters. The molecular formula is C29H29F3N4O3. The normalized spacial score (nSPS) is 14.2. The van der Waals surface area contributed by atoms with Crippen molar-refractivity contribution in [3.8, 4) is 11.1 Å². The van der Waals surface area contributed by atoms with E-state index in [2.05, 4.69) is 10.3 Å². The molecule has 0 radical (unpaired) electrons. The number of nitrogens with zero attached hydrogens (tertiary/aromatic N) is 3. The average molecular weight is 539 g/mol. The number of hydrogen-bond acceptors (Lipinski definition) is 4. The van der Waals surface area contributed by atoms with Crippen LogP contribution in [0.4, 0.5) is 19.0 Å². The number of halogens is 3. The van der Waals surface area contributed by atoms with Crippen molar-refractivity contribution in [2.24, 2.45) is 5.41 Å². The lowest BCUT2D eigenvalue weighted by Crippen LogP contribution is -2.50. The van der Waals surface area contributed by atoms with E-state index >= 15 is 0 Å². The van der Waals surface area contributed by atoms with Gasteiger partial charge >= 0.3 is 6.18 Å². The van der Waals surface area contributed by atoms with Crippen molar-refractivity contribution in [2.45, 2.75) is 26.9 Å². The van der Waals surface area contributed by atoms with Gasteiger partial charge in [-0.2, -0.15) is 13.2 Å². The maximum Gasteiger partial charge on any atom is 0.416 e. The Bertz CT molecular complexity index is 1360. The Kier molecular flexibility index (Phi) is 7.76. The number of hydrogen-bond donors (Lipinski definition) is 1. The number of benzene rings is 2. The molecule has 0 atom stereocenters. The van der Waals surface area contributed by atoms with Crippen LogP contribution in [0.25, 0.3) is 11.1 Å². The van der Waals surface area contributed by atoms with E-state index in [-0.39, 0.29) is 43.6 Å². The lowest BCUT2D eigenvalue weighted by Gasteiger charge is -2.35. The van der Waals surface area contributed by atoms with E-state index in [1.165, 1.54) is 17.0 Å². The number of pyridine rings is 1. The molecule has 204 valence electrons. The van der Waals surface area contributed by atoms with Gasteiger partial charge in [0.25, 0.3) is 11.8 Å². The van der Waals surface area contributed by atoms with Crippen molar-refractivity contribution < 1.29 is 27.6 Å². The van der Waals surface area contributed by atoms with Crippen LogP contribution in [0.5, 0.6) is 0 Å². The highest BCUT2D eigenvalue weighted by molar-refractivity contribution is 5.96. The summed E-state index contributed by atoms with van der Waals surface area (Å²) < 4.78 is 39.0. The summed E-state index contributed by atoms with van der Waals surface area (Å²) in [6, 6.07) is 15.0. The molecule has 0 aliphatic carbocycles. The first-order chi connectivity index (χ1) is 18.3. The molecule has 1 aliphatic rings. The SMILES string of the molecule is CC(C)(C)C(=O)Nc1ccc(-c2ccc(C(=O)N3CCN(C(=O)c4cccc(C(F)(F)F)c4)CC3)cc2)cn1. The van der Waals surface area contributed by atoms with Gasteiger partial charge < -0.3 is 15.1 Å². The zero-order valence-electron chi connectivity index (χ0n) is 21.9. The molecule has 1 fully saturated rings. The van der Waals surface area contributed by atoms with Crippen molar-refractivity contribution in [2.75, 3.05) is 31.5 Å². The van der Waals surface area contributed by atoms with Gasteiger partial charge in [0.15, 0.2) is 0 Å². The van der Waals surface area contributed by atoms with E-state index in [0.29, 0.717) is 11.4 Å². The zero-order chi connectivity index (χ0) is 28.4. The molecule has 2 heterocycles. The van der Waals surface area contributed by atoms with Crippen molar-refractivity contribution in [1.29, 1.82) is 0 Å². The number of nitrogens with one attached hydrogen (secondary N) is 1. The van der Waals surface area contributed by atoms with Crippen LogP contribution in [0.1, 0.15) is 47.1 Å². The van der Waals surface area contributed by atoms with Crippen molar-refractivity contribution in [3.63, 3.8) is 0 Å². The summed E-state index contributed by atoms with van der Waals surface area (Å²) in [5, 5.41) is 2.78. The first kappa shape index (κ1) is 27.8. The first-order valence-corrected chi connectivity index (χ1v) is 12.5. The molecule has 7 nitrogen and oxygen atoms in total. The lowest BCUT2D eigenvalue weighted by atomic mass is 9.96. The van der Waals surface area contributed by atoms with E-state index in [0.717, 1.165) is 23.3 Å². The van der Waals surface area contributed by atoms with E-state index in [1.54, 1.807) is 29.3 Å². The Labute approximate surface area is 224 Å². The summed E-state index contributed by atoms with van der Waals surface area (Å²) in [7, 11) is 0. The zero-order valence-corrected chi connectivity index (χ0v) is 21.9. The fourth-order valence-corrected chi connectivity index (χ4v) is 4.05. The monoisotopic (exact) mass is 538 g/mol. The van der Waals surface area contributed by atoms with Gasteiger partial charge in [0.2, 0.25) is 5.91 Å². The molecule has 1 saturated heterocycles. The largest absolute Gasteiger partial charge is 0.416 e. The molecule has 1 aliphatic heterocycles. The van der Waals surface area contributed by atoms with Crippen LogP contribution in [0, 0.1) is 5.41 Å². The van der Waals surface area contributed by atoms with Crippen molar-refractivity contribution in [3.05, 3.63) is 83.6 Å². The quantitative estimate of drug-likeness (QED) is 0.486. The third-order valence-electron chi connectivity index (χ3n) is 6.44. The summed E-state index contributed by atoms with van der Waals surface area (Å²) >= 11 is 0. The Morgan fingerprint density at radius 2 is 1.33 bits per heavy atom. The van der Waals surface area contributed by atoms with Gasteiger partial charge in [-0.25, -0.2) is 4.98 Å². The number of amides is 3. The Hall–Kier alpha value is -4.21. The summed E-state index contributed by atoms with van der Waals surface area (Å²) in [5.74, 6) is -0.358. The van der Waals surface area contributed by atoms with Gasteiger partial charge in [-0.15, -0.1) is 0 Å². The van der Waals surface area contributed by atoms with E-state index in [9.17, 15) is 27.6 Å². The van der Waals surface area contributed by atoms with E-state index in [4.69, 9.17) is 0 Å². The Morgan fingerprint density at radius 1 is 0.769 bits per heavy atom. The molecule has 0 bridgehead atoms. The molecule has 0 spiro atoms. The summed E-state index contributed by atoms with van der Waals surface area (Å²) in [6.07, 6.45) is -2.88. The highest BCUT2D eigenvalue weighted by atomic mass is 19.4. The minimum Gasteiger partial charge on any atom is -0.335 e. The number of rotatable bonds is 4. The standard InChI is InChI=1S/C29H29F3N4O3/c1-28(2,3)27(39)34-24-12-11-22(18-33-24)19-7-9-20(10-8-19)25(37)35-13-15-36(16-14-35)26(38)21-5-4-6-23(17-21)29(30,31)32/h4-12,17-18H,13-16H2,1-3H3,(H,33,34,39). The topological polar surface area (TPSA) is 82.6 Å². The van der Waals surface area contributed by atoms with Crippen molar-refractivity contribution in [1.82, 2.24) is 14.8 Å². The summed E-state index contributed by atoms with van der Waals surface area (Å²) in [5.41, 5.74) is 0.726. The van der Waals surface area contributed by atoms with Gasteiger partial charge in [-0.3, -0.25) is 14.4 Å². The number of carbonyl (C=O) groups is 3. The predicted molar refractivity (Wildman–Crippen MR) is 141 cm³/mol. The molecule has 4 rings (SSSR count). The third-order valence-corrected chi connectivity index (χ3v) is 6.44. The van der Waals surface area contributed by atoms with Crippen LogP contribution in [0.3, 0.4) is 0 Å². The second-order valence-corrected chi connectivity index (χ2v) is 10.4.